The lowest BCUT2D eigenvalue weighted by molar-refractivity contribution is 0.0578. The number of amides is 1. The number of hydrogen-bond donors (Lipinski definition) is 1. The molecule has 1 aliphatic heterocycles. The molecule has 0 aromatic heterocycles. The van der Waals surface area contributed by atoms with Gasteiger partial charge in [-0.25, -0.2) is 4.79 Å². The number of ether oxygens (including phenoxy) is 1. The molecular formula is C21H25N3O2. The van der Waals surface area contributed by atoms with Gasteiger partial charge in [0.15, 0.2) is 0 Å². The second kappa shape index (κ2) is 7.60. The van der Waals surface area contributed by atoms with Crippen molar-refractivity contribution in [3.63, 3.8) is 0 Å². The molecule has 0 spiro atoms. The summed E-state index contributed by atoms with van der Waals surface area (Å²) in [7, 11) is 0. The zero-order valence-electron chi connectivity index (χ0n) is 15.5. The van der Waals surface area contributed by atoms with Crippen LogP contribution in [0.1, 0.15) is 38.3 Å². The third kappa shape index (κ3) is 4.63. The standard InChI is InChI=1S/C21H25N3O2/c1-21(2,3)26-20(25)24-13-7-8-17-14-16(11-12-19(17)24)15-22-23-18-9-5-4-6-10-18/h4-6,9-12,14-15,23H,7-8,13H2,1-3H3. The van der Waals surface area contributed by atoms with Crippen LogP contribution in [-0.4, -0.2) is 24.5 Å². The number of fused-ring (bicyclic) bond motifs is 1. The predicted octanol–water partition coefficient (Wildman–Crippen LogP) is 4.82. The number of nitrogens with one attached hydrogen (secondary N) is 1. The van der Waals surface area contributed by atoms with Gasteiger partial charge in [0.2, 0.25) is 0 Å². The van der Waals surface area contributed by atoms with Crippen LogP contribution >= 0.6 is 0 Å². The van der Waals surface area contributed by atoms with Crippen LogP contribution < -0.4 is 10.3 Å². The van der Waals surface area contributed by atoms with Crippen LogP contribution in [0.3, 0.4) is 0 Å². The normalized spacial score (nSPS) is 14.2. The molecule has 1 amide bonds. The number of hydrazone groups is 1. The lowest BCUT2D eigenvalue weighted by Gasteiger charge is -2.31. The van der Waals surface area contributed by atoms with E-state index in [-0.39, 0.29) is 6.09 Å². The Morgan fingerprint density at radius 1 is 1.19 bits per heavy atom. The van der Waals surface area contributed by atoms with Crippen molar-refractivity contribution in [3.8, 4) is 0 Å². The maximum Gasteiger partial charge on any atom is 0.414 e. The van der Waals surface area contributed by atoms with Crippen LogP contribution in [0.2, 0.25) is 0 Å². The van der Waals surface area contributed by atoms with E-state index in [4.69, 9.17) is 4.74 Å². The first kappa shape index (κ1) is 18.0. The van der Waals surface area contributed by atoms with E-state index >= 15 is 0 Å². The summed E-state index contributed by atoms with van der Waals surface area (Å²) in [5.74, 6) is 0. The van der Waals surface area contributed by atoms with Crippen molar-refractivity contribution in [2.75, 3.05) is 16.9 Å². The Morgan fingerprint density at radius 3 is 2.69 bits per heavy atom. The van der Waals surface area contributed by atoms with Gasteiger partial charge in [-0.2, -0.15) is 5.10 Å². The molecule has 1 N–H and O–H groups in total. The number of nitrogens with zero attached hydrogens (tertiary/aromatic N) is 2. The lowest BCUT2D eigenvalue weighted by Crippen LogP contribution is -2.39. The average molecular weight is 351 g/mol. The number of aryl methyl sites for hydroxylation is 1. The Labute approximate surface area is 154 Å². The number of hydrogen-bond acceptors (Lipinski definition) is 4. The van der Waals surface area contributed by atoms with E-state index in [1.165, 1.54) is 0 Å². The molecule has 1 heterocycles. The summed E-state index contributed by atoms with van der Waals surface area (Å²) >= 11 is 0. The Bertz CT molecular complexity index is 795. The second-order valence-corrected chi connectivity index (χ2v) is 7.36. The molecule has 26 heavy (non-hydrogen) atoms. The van der Waals surface area contributed by atoms with Crippen LogP contribution in [0.15, 0.2) is 53.6 Å². The maximum atomic E-state index is 12.5. The van der Waals surface area contributed by atoms with Crippen LogP contribution in [0.25, 0.3) is 0 Å². The second-order valence-electron chi connectivity index (χ2n) is 7.36. The molecule has 0 aliphatic carbocycles. The topological polar surface area (TPSA) is 53.9 Å². The summed E-state index contributed by atoms with van der Waals surface area (Å²) in [6.45, 7) is 6.34. The van der Waals surface area contributed by atoms with Gasteiger partial charge in [0.1, 0.15) is 5.60 Å². The third-order valence-electron chi connectivity index (χ3n) is 4.02. The molecule has 2 aromatic rings. The zero-order chi connectivity index (χ0) is 18.6. The van der Waals surface area contributed by atoms with Gasteiger partial charge in [-0.1, -0.05) is 24.3 Å². The summed E-state index contributed by atoms with van der Waals surface area (Å²) in [5.41, 5.74) is 6.53. The van der Waals surface area contributed by atoms with Crippen LogP contribution in [0.5, 0.6) is 0 Å². The highest BCUT2D eigenvalue weighted by molar-refractivity contribution is 5.91. The summed E-state index contributed by atoms with van der Waals surface area (Å²) < 4.78 is 5.53. The highest BCUT2D eigenvalue weighted by Crippen LogP contribution is 2.29. The SMILES string of the molecule is CC(C)(C)OC(=O)N1CCCc2cc(C=NNc3ccccc3)ccc21. The summed E-state index contributed by atoms with van der Waals surface area (Å²) in [6, 6.07) is 15.8. The van der Waals surface area contributed by atoms with Crippen molar-refractivity contribution in [1.82, 2.24) is 0 Å². The number of rotatable bonds is 3. The van der Waals surface area contributed by atoms with Gasteiger partial charge in [0, 0.05) is 6.54 Å². The molecule has 0 atom stereocenters. The molecule has 0 saturated carbocycles. The number of anilines is 2. The fourth-order valence-electron chi connectivity index (χ4n) is 2.90. The first-order valence-electron chi connectivity index (χ1n) is 8.90. The van der Waals surface area contributed by atoms with E-state index in [0.717, 1.165) is 35.3 Å². The number of carbonyl (C=O) groups is 1. The maximum absolute atomic E-state index is 12.5. The first-order chi connectivity index (χ1) is 12.4. The molecular weight excluding hydrogens is 326 g/mol. The van der Waals surface area contributed by atoms with E-state index in [1.54, 1.807) is 11.1 Å². The molecule has 0 fully saturated rings. The van der Waals surface area contributed by atoms with Crippen molar-refractivity contribution >= 4 is 23.7 Å². The van der Waals surface area contributed by atoms with Crippen LogP contribution in [0, 0.1) is 0 Å². The molecule has 0 saturated heterocycles. The Balaban J connectivity index is 1.72. The van der Waals surface area contributed by atoms with Crippen molar-refractivity contribution < 1.29 is 9.53 Å². The number of para-hydroxylation sites is 1. The van der Waals surface area contributed by atoms with Gasteiger partial charge in [-0.05, 0) is 69.0 Å². The molecule has 0 unspecified atom stereocenters. The van der Waals surface area contributed by atoms with Crippen molar-refractivity contribution in [2.45, 2.75) is 39.2 Å². The third-order valence-corrected chi connectivity index (χ3v) is 4.02. The molecule has 0 radical (unpaired) electrons. The Morgan fingerprint density at radius 2 is 1.96 bits per heavy atom. The van der Waals surface area contributed by atoms with Gasteiger partial charge in [-0.3, -0.25) is 10.3 Å². The van der Waals surface area contributed by atoms with Gasteiger partial charge in [0.05, 0.1) is 17.6 Å². The van der Waals surface area contributed by atoms with E-state index < -0.39 is 5.60 Å². The fourth-order valence-corrected chi connectivity index (χ4v) is 2.90. The molecule has 2 aromatic carbocycles. The van der Waals surface area contributed by atoms with E-state index in [1.807, 2.05) is 63.2 Å². The van der Waals surface area contributed by atoms with Crippen molar-refractivity contribution in [2.24, 2.45) is 5.10 Å². The van der Waals surface area contributed by atoms with E-state index in [0.29, 0.717) is 6.54 Å². The average Bonchev–Trinajstić information content (AvgIpc) is 2.60. The molecule has 136 valence electrons. The fraction of sp³-hybridized carbons (Fsp3) is 0.333. The minimum absolute atomic E-state index is 0.286. The van der Waals surface area contributed by atoms with E-state index in [9.17, 15) is 4.79 Å². The van der Waals surface area contributed by atoms with Crippen molar-refractivity contribution in [3.05, 3.63) is 59.7 Å². The van der Waals surface area contributed by atoms with Gasteiger partial charge in [-0.15, -0.1) is 0 Å². The molecule has 5 nitrogen and oxygen atoms in total. The predicted molar refractivity (Wildman–Crippen MR) is 106 cm³/mol. The summed E-state index contributed by atoms with van der Waals surface area (Å²) in [5, 5.41) is 4.28. The summed E-state index contributed by atoms with van der Waals surface area (Å²) in [6.07, 6.45) is 3.38. The minimum atomic E-state index is -0.496. The highest BCUT2D eigenvalue weighted by atomic mass is 16.6. The number of benzene rings is 2. The van der Waals surface area contributed by atoms with E-state index in [2.05, 4.69) is 16.6 Å². The molecule has 5 heteroatoms. The molecule has 3 rings (SSSR count). The van der Waals surface area contributed by atoms with Crippen LogP contribution in [0.4, 0.5) is 16.2 Å². The lowest BCUT2D eigenvalue weighted by atomic mass is 10.00. The number of carbonyl (C=O) groups excluding carboxylic acids is 1. The quantitative estimate of drug-likeness (QED) is 0.637. The molecule has 1 aliphatic rings. The summed E-state index contributed by atoms with van der Waals surface area (Å²) in [4.78, 5) is 14.2. The smallest absolute Gasteiger partial charge is 0.414 e. The van der Waals surface area contributed by atoms with Gasteiger partial charge < -0.3 is 4.74 Å². The van der Waals surface area contributed by atoms with Crippen molar-refractivity contribution in [1.29, 1.82) is 0 Å². The van der Waals surface area contributed by atoms with Gasteiger partial charge >= 0.3 is 6.09 Å². The molecule has 0 bridgehead atoms. The first-order valence-corrected chi connectivity index (χ1v) is 8.90. The van der Waals surface area contributed by atoms with Gasteiger partial charge in [0.25, 0.3) is 0 Å². The Hall–Kier alpha value is -2.82. The minimum Gasteiger partial charge on any atom is -0.443 e. The largest absolute Gasteiger partial charge is 0.443 e. The zero-order valence-corrected chi connectivity index (χ0v) is 15.5. The Kier molecular flexibility index (Phi) is 5.26. The van der Waals surface area contributed by atoms with Crippen LogP contribution in [-0.2, 0) is 11.2 Å². The monoisotopic (exact) mass is 351 g/mol. The highest BCUT2D eigenvalue weighted by Gasteiger charge is 2.27.